The highest BCUT2D eigenvalue weighted by atomic mass is 16.5. The summed E-state index contributed by atoms with van der Waals surface area (Å²) in [5.41, 5.74) is 1.91. The quantitative estimate of drug-likeness (QED) is 0.756. The van der Waals surface area contributed by atoms with E-state index in [1.165, 1.54) is 0 Å². The van der Waals surface area contributed by atoms with Gasteiger partial charge in [-0.15, -0.1) is 0 Å². The van der Waals surface area contributed by atoms with Crippen molar-refractivity contribution in [3.8, 4) is 5.75 Å². The first kappa shape index (κ1) is 10.2. The molecule has 1 atom stereocenters. The molecule has 0 amide bonds. The molecule has 1 heterocycles. The van der Waals surface area contributed by atoms with Crippen molar-refractivity contribution in [3.63, 3.8) is 0 Å². The molecule has 1 aliphatic heterocycles. The molecule has 0 radical (unpaired) electrons. The van der Waals surface area contributed by atoms with Gasteiger partial charge in [0.15, 0.2) is 5.78 Å². The van der Waals surface area contributed by atoms with Crippen LogP contribution in [0.4, 0.5) is 0 Å². The number of hydrogen-bond donors (Lipinski definition) is 1. The van der Waals surface area contributed by atoms with Crippen LogP contribution in [0.25, 0.3) is 0 Å². The number of ketones is 1. The minimum Gasteiger partial charge on any atom is -0.497 e. The molecule has 15 heavy (non-hydrogen) atoms. The lowest BCUT2D eigenvalue weighted by Gasteiger charge is -2.12. The Balaban J connectivity index is 2.50. The number of carbonyl (C=O) groups is 1. The van der Waals surface area contributed by atoms with Crippen LogP contribution in [0.2, 0.25) is 0 Å². The fraction of sp³-hybridized carbons (Fsp3) is 0.417. The highest BCUT2D eigenvalue weighted by Gasteiger charge is 2.20. The first-order chi connectivity index (χ1) is 7.22. The van der Waals surface area contributed by atoms with Gasteiger partial charge in [0, 0.05) is 12.1 Å². The minimum absolute atomic E-state index is 0.164. The zero-order valence-electron chi connectivity index (χ0n) is 9.04. The van der Waals surface area contributed by atoms with Crippen LogP contribution in [-0.4, -0.2) is 26.0 Å². The zero-order chi connectivity index (χ0) is 10.8. The van der Waals surface area contributed by atoms with E-state index >= 15 is 0 Å². The Morgan fingerprint density at radius 2 is 2.27 bits per heavy atom. The van der Waals surface area contributed by atoms with E-state index in [0.717, 1.165) is 23.4 Å². The van der Waals surface area contributed by atoms with Crippen LogP contribution in [0.3, 0.4) is 0 Å². The van der Waals surface area contributed by atoms with E-state index in [9.17, 15) is 4.79 Å². The van der Waals surface area contributed by atoms with Gasteiger partial charge in [-0.25, -0.2) is 0 Å². The maximum absolute atomic E-state index is 11.7. The average Bonchev–Trinajstić information content (AvgIpc) is 2.40. The Labute approximate surface area is 89.4 Å². The molecule has 0 saturated carbocycles. The lowest BCUT2D eigenvalue weighted by atomic mass is 9.95. The first-order valence-electron chi connectivity index (χ1n) is 5.14. The van der Waals surface area contributed by atoms with Crippen LogP contribution < -0.4 is 10.1 Å². The second-order valence-electron chi connectivity index (χ2n) is 3.91. The van der Waals surface area contributed by atoms with Crippen molar-refractivity contribution in [3.05, 3.63) is 29.3 Å². The second-order valence-corrected chi connectivity index (χ2v) is 3.91. The fourth-order valence-electron chi connectivity index (χ4n) is 1.94. The molecule has 0 aliphatic carbocycles. The van der Waals surface area contributed by atoms with Crippen molar-refractivity contribution in [2.45, 2.75) is 12.8 Å². The summed E-state index contributed by atoms with van der Waals surface area (Å²) in [6, 6.07) is 5.67. The Hall–Kier alpha value is -1.35. The number of ether oxygens (including phenoxy) is 1. The Morgan fingerprint density at radius 1 is 1.47 bits per heavy atom. The normalized spacial score (nSPS) is 20.7. The predicted molar refractivity (Wildman–Crippen MR) is 58.6 cm³/mol. The van der Waals surface area contributed by atoms with Crippen LogP contribution >= 0.6 is 0 Å². The molecule has 0 aromatic heterocycles. The van der Waals surface area contributed by atoms with Gasteiger partial charge in [0.2, 0.25) is 0 Å². The number of methoxy groups -OCH3 is 1. The third kappa shape index (κ3) is 1.88. The largest absolute Gasteiger partial charge is 0.497 e. The van der Waals surface area contributed by atoms with Crippen LogP contribution in [0.5, 0.6) is 5.75 Å². The van der Waals surface area contributed by atoms with Crippen molar-refractivity contribution in [2.75, 3.05) is 20.2 Å². The standard InChI is InChI=1S/C12H15NO2/c1-8-6-13-7-12(14)10-4-3-9(15-2)5-11(8)10/h3-5,8,13H,6-7H2,1-2H3. The molecular formula is C12H15NO2. The van der Waals surface area contributed by atoms with Gasteiger partial charge in [0.1, 0.15) is 5.75 Å². The molecule has 3 nitrogen and oxygen atoms in total. The number of hydrogen-bond acceptors (Lipinski definition) is 3. The molecule has 3 heteroatoms. The third-order valence-corrected chi connectivity index (χ3v) is 2.83. The van der Waals surface area contributed by atoms with Crippen LogP contribution in [0.15, 0.2) is 18.2 Å². The van der Waals surface area contributed by atoms with Gasteiger partial charge >= 0.3 is 0 Å². The molecule has 1 unspecified atom stereocenters. The van der Waals surface area contributed by atoms with Gasteiger partial charge in [-0.3, -0.25) is 4.79 Å². The number of Topliss-reactive ketones (excluding diaryl/α,β-unsaturated/α-hetero) is 1. The molecule has 1 aromatic rings. The van der Waals surface area contributed by atoms with Crippen molar-refractivity contribution in [1.82, 2.24) is 5.32 Å². The second kappa shape index (κ2) is 4.03. The molecule has 0 bridgehead atoms. The average molecular weight is 205 g/mol. The zero-order valence-corrected chi connectivity index (χ0v) is 9.04. The third-order valence-electron chi connectivity index (χ3n) is 2.83. The lowest BCUT2D eigenvalue weighted by Crippen LogP contribution is -2.22. The molecular weight excluding hydrogens is 190 g/mol. The molecule has 1 aliphatic rings. The van der Waals surface area contributed by atoms with Gasteiger partial charge in [0.25, 0.3) is 0 Å². The Bertz CT molecular complexity index is 387. The van der Waals surface area contributed by atoms with Crippen LogP contribution in [0, 0.1) is 0 Å². The molecule has 0 spiro atoms. The van der Waals surface area contributed by atoms with Gasteiger partial charge < -0.3 is 10.1 Å². The molecule has 0 saturated heterocycles. The van der Waals surface area contributed by atoms with Crippen molar-refractivity contribution >= 4 is 5.78 Å². The van der Waals surface area contributed by atoms with Gasteiger partial charge in [-0.1, -0.05) is 6.92 Å². The smallest absolute Gasteiger partial charge is 0.176 e. The van der Waals surface area contributed by atoms with E-state index in [1.54, 1.807) is 7.11 Å². The van der Waals surface area contributed by atoms with Crippen LogP contribution in [-0.2, 0) is 0 Å². The summed E-state index contributed by atoms with van der Waals surface area (Å²) in [6.07, 6.45) is 0. The fourth-order valence-corrected chi connectivity index (χ4v) is 1.94. The molecule has 1 N–H and O–H groups in total. The van der Waals surface area contributed by atoms with E-state index in [0.29, 0.717) is 12.5 Å². The Morgan fingerprint density at radius 3 is 3.00 bits per heavy atom. The van der Waals surface area contributed by atoms with Crippen LogP contribution in [0.1, 0.15) is 28.8 Å². The van der Waals surface area contributed by atoms with Gasteiger partial charge in [-0.2, -0.15) is 0 Å². The number of carbonyl (C=O) groups excluding carboxylic acids is 1. The maximum atomic E-state index is 11.7. The molecule has 1 aromatic carbocycles. The van der Waals surface area contributed by atoms with E-state index in [4.69, 9.17) is 4.74 Å². The van der Waals surface area contributed by atoms with Gasteiger partial charge in [-0.05, 0) is 29.7 Å². The molecule has 80 valence electrons. The summed E-state index contributed by atoms with van der Waals surface area (Å²) in [5, 5.41) is 3.14. The number of fused-ring (bicyclic) bond motifs is 1. The number of benzene rings is 1. The first-order valence-corrected chi connectivity index (χ1v) is 5.14. The SMILES string of the molecule is COc1ccc2c(c1)C(C)CNCC2=O. The predicted octanol–water partition coefficient (Wildman–Crippen LogP) is 1.58. The minimum atomic E-state index is 0.164. The van der Waals surface area contributed by atoms with Gasteiger partial charge in [0.05, 0.1) is 13.7 Å². The van der Waals surface area contributed by atoms with E-state index in [1.807, 2.05) is 18.2 Å². The van der Waals surface area contributed by atoms with Crippen molar-refractivity contribution in [1.29, 1.82) is 0 Å². The lowest BCUT2D eigenvalue weighted by molar-refractivity contribution is 0.0994. The summed E-state index contributed by atoms with van der Waals surface area (Å²) < 4.78 is 5.17. The Kier molecular flexibility index (Phi) is 2.73. The highest BCUT2D eigenvalue weighted by molar-refractivity contribution is 5.99. The summed E-state index contributed by atoms with van der Waals surface area (Å²) in [7, 11) is 1.64. The number of nitrogens with one attached hydrogen (secondary N) is 1. The summed E-state index contributed by atoms with van der Waals surface area (Å²) in [5.74, 6) is 1.33. The number of rotatable bonds is 1. The maximum Gasteiger partial charge on any atom is 0.176 e. The topological polar surface area (TPSA) is 38.3 Å². The van der Waals surface area contributed by atoms with Crippen molar-refractivity contribution < 1.29 is 9.53 Å². The van der Waals surface area contributed by atoms with E-state index in [2.05, 4.69) is 12.2 Å². The van der Waals surface area contributed by atoms with Crippen molar-refractivity contribution in [2.24, 2.45) is 0 Å². The molecule has 2 rings (SSSR count). The summed E-state index contributed by atoms with van der Waals surface area (Å²) >= 11 is 0. The monoisotopic (exact) mass is 205 g/mol. The summed E-state index contributed by atoms with van der Waals surface area (Å²) in [6.45, 7) is 3.39. The summed E-state index contributed by atoms with van der Waals surface area (Å²) in [4.78, 5) is 11.7. The van der Waals surface area contributed by atoms with E-state index < -0.39 is 0 Å². The molecule has 0 fully saturated rings. The van der Waals surface area contributed by atoms with E-state index in [-0.39, 0.29) is 5.78 Å². The highest BCUT2D eigenvalue weighted by Crippen LogP contribution is 2.26.